The van der Waals surface area contributed by atoms with Gasteiger partial charge >= 0.3 is 39.2 Å². The normalized spacial score (nSPS) is 43.6. The SMILES string of the molecule is CC(C)(C)OC(=O)C1C2CC3C(OC(=O)C31)C2OC(=O)COC12CC3(O)CC(O)(C1)CC(OC(=O)C(F)(F)S(=O)(=O)O)(C3)C2. The lowest BCUT2D eigenvalue weighted by atomic mass is 9.48. The van der Waals surface area contributed by atoms with Crippen LogP contribution in [0.3, 0.4) is 0 Å². The van der Waals surface area contributed by atoms with Gasteiger partial charge in [0.1, 0.15) is 30.0 Å². The summed E-state index contributed by atoms with van der Waals surface area (Å²) >= 11 is 0. The number of hydrogen-bond acceptors (Lipinski definition) is 13. The monoisotopic (exact) mass is 652 g/mol. The van der Waals surface area contributed by atoms with Gasteiger partial charge in [-0.05, 0) is 27.2 Å². The van der Waals surface area contributed by atoms with E-state index in [0.29, 0.717) is 6.42 Å². The summed E-state index contributed by atoms with van der Waals surface area (Å²) in [6, 6.07) is 0. The van der Waals surface area contributed by atoms with Gasteiger partial charge in [-0.3, -0.25) is 14.1 Å². The number of carbonyl (C=O) groups excluding carboxylic acids is 4. The van der Waals surface area contributed by atoms with Crippen LogP contribution in [0.4, 0.5) is 8.78 Å². The zero-order valence-corrected chi connectivity index (χ0v) is 24.9. The molecule has 0 amide bonds. The maximum absolute atomic E-state index is 14.1. The standard InChI is InChI=1S/C27H34F2O14S/c1-22(2,3)42-20(32)16-13-4-12-15(16)19(31)41-18(12)17(13)40-14(30)5-39-25-7-23(34)6-24(35,8-25)10-26(9-23,11-25)43-21(33)27(28,29)44(36,37)38/h12-13,15-18,34-35H,4-11H2,1-3H3,(H,36,37,38). The van der Waals surface area contributed by atoms with Crippen molar-refractivity contribution in [3.05, 3.63) is 0 Å². The molecular weight excluding hydrogens is 618 g/mol. The summed E-state index contributed by atoms with van der Waals surface area (Å²) in [6.45, 7) is 4.30. The van der Waals surface area contributed by atoms with E-state index in [1.54, 1.807) is 20.8 Å². The van der Waals surface area contributed by atoms with Crippen molar-refractivity contribution in [2.45, 2.75) is 111 Å². The van der Waals surface area contributed by atoms with Gasteiger partial charge in [-0.25, -0.2) is 9.59 Å². The summed E-state index contributed by atoms with van der Waals surface area (Å²) in [6.07, 6.45) is -3.08. The molecule has 7 fully saturated rings. The molecule has 6 aliphatic carbocycles. The molecule has 44 heavy (non-hydrogen) atoms. The molecule has 246 valence electrons. The van der Waals surface area contributed by atoms with Crippen LogP contribution in [0, 0.1) is 23.7 Å². The Hall–Kier alpha value is -2.47. The first kappa shape index (κ1) is 31.5. The number of halogens is 2. The highest BCUT2D eigenvalue weighted by atomic mass is 32.2. The van der Waals surface area contributed by atoms with Crippen LogP contribution in [0.5, 0.6) is 0 Å². The van der Waals surface area contributed by atoms with Gasteiger partial charge in [-0.1, -0.05) is 0 Å². The molecule has 0 spiro atoms. The molecule has 0 aromatic carbocycles. The van der Waals surface area contributed by atoms with Crippen molar-refractivity contribution in [3.8, 4) is 0 Å². The smallest absolute Gasteiger partial charge is 0.460 e. The lowest BCUT2D eigenvalue weighted by Crippen LogP contribution is -2.73. The third kappa shape index (κ3) is 4.98. The van der Waals surface area contributed by atoms with Crippen molar-refractivity contribution in [1.29, 1.82) is 0 Å². The molecule has 6 saturated carbocycles. The van der Waals surface area contributed by atoms with E-state index in [-0.39, 0.29) is 31.6 Å². The van der Waals surface area contributed by atoms with Crippen molar-refractivity contribution < 1.29 is 74.8 Å². The maximum Gasteiger partial charge on any atom is 0.465 e. The van der Waals surface area contributed by atoms with Gasteiger partial charge in [-0.15, -0.1) is 0 Å². The van der Waals surface area contributed by atoms with E-state index in [0.717, 1.165) is 0 Å². The second-order valence-corrected chi connectivity index (χ2v) is 16.0. The third-order valence-electron chi connectivity index (χ3n) is 9.77. The molecule has 1 heterocycles. The minimum atomic E-state index is -6.18. The zero-order valence-electron chi connectivity index (χ0n) is 24.1. The Morgan fingerprint density at radius 1 is 0.977 bits per heavy atom. The predicted molar refractivity (Wildman–Crippen MR) is 136 cm³/mol. The Labute approximate surface area is 250 Å². The molecule has 1 saturated heterocycles. The number of aliphatic hydroxyl groups is 2. The van der Waals surface area contributed by atoms with Crippen LogP contribution in [-0.4, -0.2) is 99.1 Å². The lowest BCUT2D eigenvalue weighted by Gasteiger charge is -2.66. The van der Waals surface area contributed by atoms with Crippen LogP contribution >= 0.6 is 0 Å². The molecular formula is C27H34F2O14S. The molecule has 1 aliphatic heterocycles. The lowest BCUT2D eigenvalue weighted by molar-refractivity contribution is -0.312. The summed E-state index contributed by atoms with van der Waals surface area (Å²) < 4.78 is 86.6. The van der Waals surface area contributed by atoms with Crippen molar-refractivity contribution in [1.82, 2.24) is 0 Å². The second-order valence-electron chi connectivity index (χ2n) is 14.5. The zero-order chi connectivity index (χ0) is 32.5. The molecule has 0 aromatic heterocycles. The van der Waals surface area contributed by atoms with Crippen LogP contribution in [0.2, 0.25) is 0 Å². The molecule has 0 radical (unpaired) electrons. The molecule has 0 aromatic rings. The van der Waals surface area contributed by atoms with Gasteiger partial charge in [0.25, 0.3) is 0 Å². The van der Waals surface area contributed by atoms with E-state index >= 15 is 0 Å². The highest BCUT2D eigenvalue weighted by Gasteiger charge is 2.72. The largest absolute Gasteiger partial charge is 0.465 e. The maximum atomic E-state index is 14.1. The number of fused-ring (bicyclic) bond motifs is 1. The van der Waals surface area contributed by atoms with E-state index in [1.807, 2.05) is 0 Å². The minimum Gasteiger partial charge on any atom is -0.460 e. The van der Waals surface area contributed by atoms with Gasteiger partial charge in [0.05, 0.1) is 28.6 Å². The van der Waals surface area contributed by atoms with E-state index in [1.165, 1.54) is 0 Å². The van der Waals surface area contributed by atoms with Gasteiger partial charge in [-0.2, -0.15) is 17.2 Å². The van der Waals surface area contributed by atoms with Crippen LogP contribution in [0.1, 0.15) is 65.7 Å². The topological polar surface area (TPSA) is 209 Å². The van der Waals surface area contributed by atoms with Crippen molar-refractivity contribution in [2.75, 3.05) is 6.61 Å². The van der Waals surface area contributed by atoms with E-state index in [4.69, 9.17) is 28.2 Å². The third-order valence-corrected chi connectivity index (χ3v) is 10.6. The Bertz CT molecular complexity index is 1400. The van der Waals surface area contributed by atoms with Crippen molar-refractivity contribution in [3.63, 3.8) is 0 Å². The number of esters is 4. The van der Waals surface area contributed by atoms with Gasteiger partial charge < -0.3 is 33.9 Å². The highest BCUT2D eigenvalue weighted by molar-refractivity contribution is 7.87. The number of rotatable bonds is 8. The summed E-state index contributed by atoms with van der Waals surface area (Å²) in [5.41, 5.74) is -7.94. The molecule has 8 atom stereocenters. The van der Waals surface area contributed by atoms with Crippen LogP contribution in [0.15, 0.2) is 0 Å². The second kappa shape index (κ2) is 9.30. The minimum absolute atomic E-state index is 0.166. The summed E-state index contributed by atoms with van der Waals surface area (Å²) in [4.78, 5) is 50.9. The summed E-state index contributed by atoms with van der Waals surface area (Å²) in [7, 11) is -6.18. The fourth-order valence-electron chi connectivity index (χ4n) is 9.21. The van der Waals surface area contributed by atoms with Crippen molar-refractivity contribution in [2.24, 2.45) is 23.7 Å². The first-order valence-electron chi connectivity index (χ1n) is 14.3. The fraction of sp³-hybridized carbons (Fsp3) is 0.852. The number of ether oxygens (including phenoxy) is 5. The summed E-state index contributed by atoms with van der Waals surface area (Å²) in [5, 5.41) is 17.1. The average Bonchev–Trinajstić information content (AvgIpc) is 3.42. The first-order chi connectivity index (χ1) is 20.0. The molecule has 3 N–H and O–H groups in total. The molecule has 8 unspecified atom stereocenters. The number of hydrogen-bond donors (Lipinski definition) is 3. The van der Waals surface area contributed by atoms with Gasteiger partial charge in [0, 0.05) is 50.4 Å². The predicted octanol–water partition coefficient (Wildman–Crippen LogP) is 0.409. The molecule has 6 bridgehead atoms. The van der Waals surface area contributed by atoms with Crippen LogP contribution in [-0.2, 0) is 53.0 Å². The first-order valence-corrected chi connectivity index (χ1v) is 15.7. The van der Waals surface area contributed by atoms with E-state index in [2.05, 4.69) is 0 Å². The number of alkyl halides is 2. The average molecular weight is 653 g/mol. The Kier molecular flexibility index (Phi) is 6.66. The molecule has 7 aliphatic rings. The quantitative estimate of drug-likeness (QED) is 0.184. The van der Waals surface area contributed by atoms with Crippen molar-refractivity contribution >= 4 is 34.0 Å². The molecule has 17 heteroatoms. The van der Waals surface area contributed by atoms with E-state index < -0.39 is 117 Å². The van der Waals surface area contributed by atoms with Crippen LogP contribution < -0.4 is 0 Å². The Morgan fingerprint density at radius 2 is 1.57 bits per heavy atom. The van der Waals surface area contributed by atoms with Gasteiger partial charge in [0.2, 0.25) is 0 Å². The highest BCUT2D eigenvalue weighted by Crippen LogP contribution is 2.64. The fourth-order valence-corrected chi connectivity index (χ4v) is 9.46. The van der Waals surface area contributed by atoms with E-state index in [9.17, 15) is 46.6 Å². The molecule has 14 nitrogen and oxygen atoms in total. The Morgan fingerprint density at radius 3 is 2.14 bits per heavy atom. The molecule has 7 rings (SSSR count). The number of carbonyl (C=O) groups is 4. The summed E-state index contributed by atoms with van der Waals surface area (Å²) in [5.74, 6) is -7.13. The van der Waals surface area contributed by atoms with Crippen LogP contribution in [0.25, 0.3) is 0 Å². The Balaban J connectivity index is 1.16. The van der Waals surface area contributed by atoms with Gasteiger partial charge in [0.15, 0.2) is 0 Å².